The number of carbonyl (C=O) groups excluding carboxylic acids is 1. The topological polar surface area (TPSA) is 56.1 Å². The van der Waals surface area contributed by atoms with E-state index in [0.717, 1.165) is 5.56 Å². The number of amides is 1. The van der Waals surface area contributed by atoms with Crippen LogP contribution in [0.1, 0.15) is 24.4 Å². The Morgan fingerprint density at radius 1 is 1.45 bits per heavy atom. The summed E-state index contributed by atoms with van der Waals surface area (Å²) in [5.74, 6) is 0.313. The van der Waals surface area contributed by atoms with Crippen LogP contribution in [-0.4, -0.2) is 22.3 Å². The number of rotatable bonds is 4. The molecule has 1 atom stereocenters. The Bertz CT molecular complexity index is 580. The minimum absolute atomic E-state index is 0.280. The molecular weight excluding hydrogens is 261 g/mol. The number of imidazole rings is 1. The first-order chi connectivity index (χ1) is 9.61. The molecule has 2 aromatic rings. The predicted octanol–water partition coefficient (Wildman–Crippen LogP) is 2.39. The van der Waals surface area contributed by atoms with E-state index in [-0.39, 0.29) is 12.4 Å². The monoisotopic (exact) mass is 277 g/mol. The van der Waals surface area contributed by atoms with Crippen LogP contribution in [0.5, 0.6) is 0 Å². The van der Waals surface area contributed by atoms with Crippen LogP contribution in [0.25, 0.3) is 0 Å². The molecule has 0 saturated heterocycles. The number of ether oxygens (including phenoxy) is 1. The third-order valence-corrected chi connectivity index (χ3v) is 2.86. The number of nitrogens with one attached hydrogen (secondary N) is 1. The molecule has 1 heterocycles. The first kappa shape index (κ1) is 14.0. The van der Waals surface area contributed by atoms with Crippen molar-refractivity contribution < 1.29 is 13.9 Å². The molecule has 1 aromatic heterocycles. The van der Waals surface area contributed by atoms with Gasteiger partial charge < -0.3 is 14.6 Å². The molecule has 0 saturated carbocycles. The minimum atomic E-state index is -0.537. The van der Waals surface area contributed by atoms with Crippen molar-refractivity contribution in [2.75, 3.05) is 6.61 Å². The fourth-order valence-electron chi connectivity index (χ4n) is 1.90. The van der Waals surface area contributed by atoms with E-state index < -0.39 is 12.1 Å². The van der Waals surface area contributed by atoms with Crippen LogP contribution in [0.4, 0.5) is 9.18 Å². The van der Waals surface area contributed by atoms with Crippen molar-refractivity contribution in [3.8, 4) is 0 Å². The summed E-state index contributed by atoms with van der Waals surface area (Å²) in [7, 11) is 1.83. The molecule has 20 heavy (non-hydrogen) atoms. The van der Waals surface area contributed by atoms with Gasteiger partial charge in [0.05, 0.1) is 6.61 Å². The van der Waals surface area contributed by atoms with E-state index in [9.17, 15) is 9.18 Å². The molecule has 1 unspecified atom stereocenters. The van der Waals surface area contributed by atoms with E-state index in [1.165, 1.54) is 12.1 Å². The molecule has 0 fully saturated rings. The van der Waals surface area contributed by atoms with Crippen LogP contribution in [0, 0.1) is 5.82 Å². The van der Waals surface area contributed by atoms with Gasteiger partial charge in [0.15, 0.2) is 0 Å². The SMILES string of the molecule is CCOC(=O)NC(c1ccc(F)cc1)c1nccn1C. The second-order valence-corrected chi connectivity index (χ2v) is 4.25. The number of carbonyl (C=O) groups is 1. The molecular formula is C14H16FN3O2. The van der Waals surface area contributed by atoms with Gasteiger partial charge >= 0.3 is 6.09 Å². The van der Waals surface area contributed by atoms with Gasteiger partial charge in [0.1, 0.15) is 17.7 Å². The fourth-order valence-corrected chi connectivity index (χ4v) is 1.90. The second kappa shape index (κ2) is 6.18. The normalized spacial score (nSPS) is 11.9. The molecule has 1 amide bonds. The highest BCUT2D eigenvalue weighted by Gasteiger charge is 2.21. The third kappa shape index (κ3) is 3.14. The third-order valence-electron chi connectivity index (χ3n) is 2.86. The van der Waals surface area contributed by atoms with Gasteiger partial charge in [-0.15, -0.1) is 0 Å². The largest absolute Gasteiger partial charge is 0.450 e. The Hall–Kier alpha value is -2.37. The zero-order valence-electron chi connectivity index (χ0n) is 11.3. The summed E-state index contributed by atoms with van der Waals surface area (Å²) >= 11 is 0. The molecule has 1 N–H and O–H groups in total. The zero-order chi connectivity index (χ0) is 14.5. The molecule has 6 heteroatoms. The average Bonchev–Trinajstić information content (AvgIpc) is 2.84. The van der Waals surface area contributed by atoms with E-state index in [4.69, 9.17) is 4.74 Å². The molecule has 0 aliphatic carbocycles. The number of alkyl carbamates (subject to hydrolysis) is 1. The highest BCUT2D eigenvalue weighted by Crippen LogP contribution is 2.20. The number of hydrogen-bond acceptors (Lipinski definition) is 3. The van der Waals surface area contributed by atoms with E-state index in [0.29, 0.717) is 5.82 Å². The Morgan fingerprint density at radius 3 is 2.70 bits per heavy atom. The summed E-state index contributed by atoms with van der Waals surface area (Å²) in [5.41, 5.74) is 0.730. The average molecular weight is 277 g/mol. The van der Waals surface area contributed by atoms with Crippen molar-refractivity contribution in [1.29, 1.82) is 0 Å². The van der Waals surface area contributed by atoms with Crippen LogP contribution < -0.4 is 5.32 Å². The summed E-state index contributed by atoms with van der Waals surface area (Å²) in [6.45, 7) is 2.01. The molecule has 106 valence electrons. The van der Waals surface area contributed by atoms with Crippen molar-refractivity contribution in [2.24, 2.45) is 7.05 Å². The lowest BCUT2D eigenvalue weighted by molar-refractivity contribution is 0.149. The molecule has 0 bridgehead atoms. The summed E-state index contributed by atoms with van der Waals surface area (Å²) in [4.78, 5) is 15.9. The number of nitrogens with zero attached hydrogens (tertiary/aromatic N) is 2. The lowest BCUT2D eigenvalue weighted by Crippen LogP contribution is -2.31. The summed E-state index contributed by atoms with van der Waals surface area (Å²) in [6.07, 6.45) is 2.88. The fraction of sp³-hybridized carbons (Fsp3) is 0.286. The first-order valence-electron chi connectivity index (χ1n) is 6.27. The smallest absolute Gasteiger partial charge is 0.407 e. The zero-order valence-corrected chi connectivity index (χ0v) is 11.3. The molecule has 1 aromatic carbocycles. The minimum Gasteiger partial charge on any atom is -0.450 e. The van der Waals surface area contributed by atoms with Gasteiger partial charge in [0, 0.05) is 19.4 Å². The van der Waals surface area contributed by atoms with E-state index in [1.54, 1.807) is 36.0 Å². The highest BCUT2D eigenvalue weighted by molar-refractivity contribution is 5.68. The Balaban J connectivity index is 2.31. The van der Waals surface area contributed by atoms with Crippen LogP contribution >= 0.6 is 0 Å². The van der Waals surface area contributed by atoms with Crippen LogP contribution in [0.3, 0.4) is 0 Å². The van der Waals surface area contributed by atoms with Crippen LogP contribution in [-0.2, 0) is 11.8 Å². The van der Waals surface area contributed by atoms with Gasteiger partial charge in [-0.2, -0.15) is 0 Å². The highest BCUT2D eigenvalue weighted by atomic mass is 19.1. The van der Waals surface area contributed by atoms with Gasteiger partial charge in [0.25, 0.3) is 0 Å². The molecule has 0 aliphatic rings. The lowest BCUT2D eigenvalue weighted by atomic mass is 10.1. The van der Waals surface area contributed by atoms with Crippen molar-refractivity contribution in [1.82, 2.24) is 14.9 Å². The number of benzene rings is 1. The lowest BCUT2D eigenvalue weighted by Gasteiger charge is -2.18. The van der Waals surface area contributed by atoms with E-state index >= 15 is 0 Å². The van der Waals surface area contributed by atoms with E-state index in [1.807, 2.05) is 7.05 Å². The van der Waals surface area contributed by atoms with Crippen LogP contribution in [0.15, 0.2) is 36.7 Å². The number of halogens is 1. The Labute approximate surface area is 116 Å². The second-order valence-electron chi connectivity index (χ2n) is 4.25. The van der Waals surface area contributed by atoms with Crippen LogP contribution in [0.2, 0.25) is 0 Å². The summed E-state index contributed by atoms with van der Waals surface area (Å²) in [5, 5.41) is 2.73. The molecule has 0 aliphatic heterocycles. The van der Waals surface area contributed by atoms with Crippen molar-refractivity contribution in [3.05, 3.63) is 53.9 Å². The molecule has 0 radical (unpaired) electrons. The number of aryl methyl sites for hydroxylation is 1. The maximum atomic E-state index is 13.0. The Kier molecular flexibility index (Phi) is 4.34. The van der Waals surface area contributed by atoms with Gasteiger partial charge in [-0.1, -0.05) is 12.1 Å². The van der Waals surface area contributed by atoms with Gasteiger partial charge in [-0.05, 0) is 24.6 Å². The standard InChI is InChI=1S/C14H16FN3O2/c1-3-20-14(19)17-12(13-16-8-9-18(13)2)10-4-6-11(15)7-5-10/h4-9,12H,3H2,1-2H3,(H,17,19). The predicted molar refractivity (Wildman–Crippen MR) is 71.6 cm³/mol. The summed E-state index contributed by atoms with van der Waals surface area (Å²) < 4.78 is 19.7. The van der Waals surface area contributed by atoms with Gasteiger partial charge in [0.2, 0.25) is 0 Å². The van der Waals surface area contributed by atoms with Crippen molar-refractivity contribution >= 4 is 6.09 Å². The quantitative estimate of drug-likeness (QED) is 0.933. The van der Waals surface area contributed by atoms with Gasteiger partial charge in [-0.3, -0.25) is 0 Å². The Morgan fingerprint density at radius 2 is 2.15 bits per heavy atom. The molecule has 2 rings (SSSR count). The molecule has 5 nitrogen and oxygen atoms in total. The van der Waals surface area contributed by atoms with Crippen molar-refractivity contribution in [2.45, 2.75) is 13.0 Å². The van der Waals surface area contributed by atoms with Gasteiger partial charge in [-0.25, -0.2) is 14.2 Å². The van der Waals surface area contributed by atoms with Crippen molar-refractivity contribution in [3.63, 3.8) is 0 Å². The van der Waals surface area contributed by atoms with E-state index in [2.05, 4.69) is 10.3 Å². The molecule has 0 spiro atoms. The number of aromatic nitrogens is 2. The number of hydrogen-bond donors (Lipinski definition) is 1. The maximum absolute atomic E-state index is 13.0. The maximum Gasteiger partial charge on any atom is 0.407 e. The summed E-state index contributed by atoms with van der Waals surface area (Å²) in [6, 6.07) is 5.42. The first-order valence-corrected chi connectivity index (χ1v) is 6.27.